The standard InChI is InChI=1S/C12H10N2O3/c15-8-1-2-11-9(5-8)12(16)10(6-17-11)14-4-3-13-7-14/h1-5,7,10,15H,6H2. The normalized spacial score (nSPS) is 18.6. The number of carbonyl (C=O) groups is 1. The van der Waals surface area contributed by atoms with Gasteiger partial charge in [0.1, 0.15) is 24.1 Å². The number of ketones is 1. The Morgan fingerprint density at radius 2 is 2.35 bits per heavy atom. The van der Waals surface area contributed by atoms with Gasteiger partial charge in [0.05, 0.1) is 11.9 Å². The van der Waals surface area contributed by atoms with E-state index >= 15 is 0 Å². The number of phenols is 1. The van der Waals surface area contributed by atoms with E-state index in [4.69, 9.17) is 4.74 Å². The molecule has 5 nitrogen and oxygen atoms in total. The zero-order valence-electron chi connectivity index (χ0n) is 8.91. The van der Waals surface area contributed by atoms with Gasteiger partial charge in [-0.1, -0.05) is 0 Å². The highest BCUT2D eigenvalue weighted by molar-refractivity contribution is 6.02. The summed E-state index contributed by atoms with van der Waals surface area (Å²) in [5, 5.41) is 9.40. The van der Waals surface area contributed by atoms with E-state index in [0.29, 0.717) is 11.3 Å². The lowest BCUT2D eigenvalue weighted by molar-refractivity contribution is 0.0840. The van der Waals surface area contributed by atoms with Crippen molar-refractivity contribution in [3.8, 4) is 11.5 Å². The molecular weight excluding hydrogens is 220 g/mol. The minimum Gasteiger partial charge on any atom is -0.508 e. The van der Waals surface area contributed by atoms with Crippen LogP contribution in [0, 0.1) is 0 Å². The number of carbonyl (C=O) groups excluding carboxylic acids is 1. The molecule has 1 aromatic heterocycles. The van der Waals surface area contributed by atoms with Crippen LogP contribution < -0.4 is 4.74 Å². The van der Waals surface area contributed by atoms with Crippen LogP contribution in [-0.4, -0.2) is 27.0 Å². The van der Waals surface area contributed by atoms with Crippen molar-refractivity contribution in [3.05, 3.63) is 42.5 Å². The quantitative estimate of drug-likeness (QED) is 0.804. The molecule has 0 bridgehead atoms. The molecule has 1 aromatic carbocycles. The minimum absolute atomic E-state index is 0.0620. The average molecular weight is 230 g/mol. The van der Waals surface area contributed by atoms with Gasteiger partial charge >= 0.3 is 0 Å². The lowest BCUT2D eigenvalue weighted by Gasteiger charge is -2.24. The predicted octanol–water partition coefficient (Wildman–Crippen LogP) is 1.41. The van der Waals surface area contributed by atoms with Gasteiger partial charge in [-0.3, -0.25) is 4.79 Å². The molecule has 5 heteroatoms. The molecule has 1 N–H and O–H groups in total. The Hall–Kier alpha value is -2.30. The zero-order chi connectivity index (χ0) is 11.8. The summed E-state index contributed by atoms with van der Waals surface area (Å²) in [5.74, 6) is 0.510. The molecule has 1 atom stereocenters. The van der Waals surface area contributed by atoms with Crippen LogP contribution in [0.1, 0.15) is 16.4 Å². The molecule has 3 rings (SSSR count). The van der Waals surface area contributed by atoms with Crippen molar-refractivity contribution in [1.82, 2.24) is 9.55 Å². The van der Waals surface area contributed by atoms with Gasteiger partial charge in [0.25, 0.3) is 0 Å². The molecule has 0 amide bonds. The van der Waals surface area contributed by atoms with Gasteiger partial charge in [-0.15, -0.1) is 0 Å². The number of rotatable bonds is 1. The van der Waals surface area contributed by atoms with Crippen LogP contribution in [0.3, 0.4) is 0 Å². The van der Waals surface area contributed by atoms with Crippen molar-refractivity contribution in [2.45, 2.75) is 6.04 Å². The molecule has 1 aliphatic rings. The first-order valence-corrected chi connectivity index (χ1v) is 5.23. The number of benzene rings is 1. The summed E-state index contributed by atoms with van der Waals surface area (Å²) in [6.07, 6.45) is 4.92. The average Bonchev–Trinajstić information content (AvgIpc) is 2.84. The summed E-state index contributed by atoms with van der Waals surface area (Å²) in [7, 11) is 0. The first-order valence-electron chi connectivity index (χ1n) is 5.23. The molecule has 2 heterocycles. The monoisotopic (exact) mass is 230 g/mol. The maximum Gasteiger partial charge on any atom is 0.192 e. The van der Waals surface area contributed by atoms with Crippen molar-refractivity contribution >= 4 is 5.78 Å². The molecule has 0 radical (unpaired) electrons. The fraction of sp³-hybridized carbons (Fsp3) is 0.167. The Labute approximate surface area is 97.3 Å². The summed E-state index contributed by atoms with van der Waals surface area (Å²) in [5.41, 5.74) is 0.412. The van der Waals surface area contributed by atoms with Crippen LogP contribution in [0.25, 0.3) is 0 Å². The van der Waals surface area contributed by atoms with Crippen LogP contribution in [-0.2, 0) is 0 Å². The molecule has 0 aliphatic carbocycles. The highest BCUT2D eigenvalue weighted by Gasteiger charge is 2.30. The van der Waals surface area contributed by atoms with Gasteiger partial charge in [0, 0.05) is 12.4 Å². The molecule has 0 fully saturated rings. The second kappa shape index (κ2) is 3.62. The first kappa shape index (κ1) is 9.89. The topological polar surface area (TPSA) is 64.3 Å². The maximum absolute atomic E-state index is 12.2. The second-order valence-electron chi connectivity index (χ2n) is 3.88. The number of hydrogen-bond acceptors (Lipinski definition) is 4. The number of fused-ring (bicyclic) bond motifs is 1. The third kappa shape index (κ3) is 1.56. The van der Waals surface area contributed by atoms with Gasteiger partial charge in [-0.05, 0) is 18.2 Å². The molecule has 17 heavy (non-hydrogen) atoms. The summed E-state index contributed by atoms with van der Waals surface area (Å²) >= 11 is 0. The van der Waals surface area contributed by atoms with Crippen LogP contribution in [0.2, 0.25) is 0 Å². The molecule has 0 saturated carbocycles. The van der Waals surface area contributed by atoms with Gasteiger partial charge < -0.3 is 14.4 Å². The van der Waals surface area contributed by atoms with Gasteiger partial charge in [0.15, 0.2) is 5.78 Å². The van der Waals surface area contributed by atoms with Gasteiger partial charge in [-0.25, -0.2) is 4.98 Å². The Balaban J connectivity index is 2.03. The number of hydrogen-bond donors (Lipinski definition) is 1. The summed E-state index contributed by atoms with van der Waals surface area (Å²) < 4.78 is 7.21. The summed E-state index contributed by atoms with van der Waals surface area (Å²) in [4.78, 5) is 16.1. The van der Waals surface area contributed by atoms with E-state index in [2.05, 4.69) is 4.98 Å². The third-order valence-electron chi connectivity index (χ3n) is 2.81. The van der Waals surface area contributed by atoms with Gasteiger partial charge in [-0.2, -0.15) is 0 Å². The number of aromatic hydroxyl groups is 1. The smallest absolute Gasteiger partial charge is 0.192 e. The molecule has 0 saturated heterocycles. The lowest BCUT2D eigenvalue weighted by Crippen LogP contribution is -2.29. The highest BCUT2D eigenvalue weighted by atomic mass is 16.5. The van der Waals surface area contributed by atoms with E-state index in [0.717, 1.165) is 0 Å². The van der Waals surface area contributed by atoms with E-state index in [1.165, 1.54) is 12.1 Å². The highest BCUT2D eigenvalue weighted by Crippen LogP contribution is 2.31. The number of aromatic nitrogens is 2. The van der Waals surface area contributed by atoms with E-state index in [-0.39, 0.29) is 18.1 Å². The zero-order valence-corrected chi connectivity index (χ0v) is 8.91. The first-order chi connectivity index (χ1) is 8.25. The lowest BCUT2D eigenvalue weighted by atomic mass is 10.0. The molecule has 86 valence electrons. The summed E-state index contributed by atoms with van der Waals surface area (Å²) in [6, 6.07) is 4.13. The molecule has 0 spiro atoms. The SMILES string of the molecule is O=C1c2cc(O)ccc2OCC1n1ccnc1. The van der Waals surface area contributed by atoms with Crippen molar-refractivity contribution in [3.63, 3.8) is 0 Å². The van der Waals surface area contributed by atoms with Crippen LogP contribution in [0.5, 0.6) is 11.5 Å². The van der Waals surface area contributed by atoms with E-state index in [1.807, 2.05) is 0 Å². The number of phenolic OH excluding ortho intramolecular Hbond substituents is 1. The Morgan fingerprint density at radius 1 is 1.47 bits per heavy atom. The minimum atomic E-state index is -0.410. The van der Waals surface area contributed by atoms with Crippen molar-refractivity contribution in [2.75, 3.05) is 6.61 Å². The van der Waals surface area contributed by atoms with Crippen molar-refractivity contribution in [2.24, 2.45) is 0 Å². The second-order valence-corrected chi connectivity index (χ2v) is 3.88. The van der Waals surface area contributed by atoms with E-state index < -0.39 is 6.04 Å². The van der Waals surface area contributed by atoms with Crippen molar-refractivity contribution < 1.29 is 14.6 Å². The van der Waals surface area contributed by atoms with E-state index in [1.54, 1.807) is 29.4 Å². The Bertz CT molecular complexity index is 563. The van der Waals surface area contributed by atoms with Gasteiger partial charge in [0.2, 0.25) is 0 Å². The molecule has 2 aromatic rings. The van der Waals surface area contributed by atoms with Crippen molar-refractivity contribution in [1.29, 1.82) is 0 Å². The summed E-state index contributed by atoms with van der Waals surface area (Å²) in [6.45, 7) is 0.285. The molecule has 1 unspecified atom stereocenters. The van der Waals surface area contributed by atoms with Crippen LogP contribution in [0.15, 0.2) is 36.9 Å². The van der Waals surface area contributed by atoms with Crippen LogP contribution in [0.4, 0.5) is 0 Å². The number of imidazole rings is 1. The van der Waals surface area contributed by atoms with E-state index in [9.17, 15) is 9.90 Å². The largest absolute Gasteiger partial charge is 0.508 e. The Morgan fingerprint density at radius 3 is 3.12 bits per heavy atom. The maximum atomic E-state index is 12.2. The number of nitrogens with zero attached hydrogens (tertiary/aromatic N) is 2. The predicted molar refractivity (Wildman–Crippen MR) is 59.2 cm³/mol. The fourth-order valence-electron chi connectivity index (χ4n) is 1.94. The fourth-order valence-corrected chi connectivity index (χ4v) is 1.94. The molecule has 1 aliphatic heterocycles. The number of Topliss-reactive ketones (excluding diaryl/α,β-unsaturated/α-hetero) is 1. The number of ether oxygens (including phenoxy) is 1. The third-order valence-corrected chi connectivity index (χ3v) is 2.81. The molecular formula is C12H10N2O3. The van der Waals surface area contributed by atoms with Crippen LogP contribution >= 0.6 is 0 Å². The Kier molecular flexibility index (Phi) is 2.11.